The predicted molar refractivity (Wildman–Crippen MR) is 246 cm³/mol. The Bertz CT molecular complexity index is 2310. The maximum Gasteiger partial charge on any atom is 0.252 e. The van der Waals surface area contributed by atoms with Gasteiger partial charge in [-0.3, -0.25) is 38.5 Å². The molecular formula is C50H62N8O7. The molecule has 1 aliphatic carbocycles. The number of nitrogens with two attached hydrogens (primary N) is 1. The molecule has 4 aromatic rings. The van der Waals surface area contributed by atoms with Crippen molar-refractivity contribution < 1.29 is 33.6 Å². The lowest BCUT2D eigenvalue weighted by molar-refractivity contribution is -0.159. The summed E-state index contributed by atoms with van der Waals surface area (Å²) in [6, 6.07) is 18.1. The first-order valence-corrected chi connectivity index (χ1v) is 23.2. The van der Waals surface area contributed by atoms with Crippen molar-refractivity contribution in [2.75, 3.05) is 13.1 Å². The Kier molecular flexibility index (Phi) is 15.8. The van der Waals surface area contributed by atoms with E-state index in [1.165, 1.54) is 11.8 Å². The minimum absolute atomic E-state index is 0.00754. The monoisotopic (exact) mass is 886 g/mol. The molecule has 3 heterocycles. The van der Waals surface area contributed by atoms with Crippen LogP contribution < -0.4 is 27.0 Å². The van der Waals surface area contributed by atoms with Crippen LogP contribution in [0, 0.1) is 5.92 Å². The van der Waals surface area contributed by atoms with Crippen molar-refractivity contribution in [3.63, 3.8) is 0 Å². The second-order valence-corrected chi connectivity index (χ2v) is 17.8. The smallest absolute Gasteiger partial charge is 0.252 e. The van der Waals surface area contributed by atoms with Crippen molar-refractivity contribution in [2.45, 2.75) is 127 Å². The van der Waals surface area contributed by atoms with Crippen molar-refractivity contribution in [3.05, 3.63) is 108 Å². The number of carbonyl (C=O) groups excluding carboxylic acids is 7. The first-order chi connectivity index (χ1) is 31.5. The van der Waals surface area contributed by atoms with E-state index in [0.29, 0.717) is 30.4 Å². The zero-order chi connectivity index (χ0) is 45.9. The van der Waals surface area contributed by atoms with E-state index in [4.69, 9.17) is 5.73 Å². The molecule has 7 rings (SSSR count). The molecule has 6 atom stereocenters. The van der Waals surface area contributed by atoms with Gasteiger partial charge in [-0.05, 0) is 67.3 Å². The highest BCUT2D eigenvalue weighted by Crippen LogP contribution is 2.29. The van der Waals surface area contributed by atoms with Gasteiger partial charge in [-0.2, -0.15) is 0 Å². The molecule has 2 aliphatic heterocycles. The van der Waals surface area contributed by atoms with Crippen LogP contribution in [0.15, 0.2) is 91.1 Å². The van der Waals surface area contributed by atoms with Gasteiger partial charge in [0.15, 0.2) is 0 Å². The van der Waals surface area contributed by atoms with Crippen molar-refractivity contribution >= 4 is 52.3 Å². The summed E-state index contributed by atoms with van der Waals surface area (Å²) in [7, 11) is 0. The summed E-state index contributed by atoms with van der Waals surface area (Å²) in [5.74, 6) is -4.50. The van der Waals surface area contributed by atoms with Gasteiger partial charge in [0.25, 0.3) is 11.8 Å². The summed E-state index contributed by atoms with van der Waals surface area (Å²) in [5.41, 5.74) is 8.98. The second kappa shape index (κ2) is 22.0. The van der Waals surface area contributed by atoms with E-state index in [0.717, 1.165) is 53.5 Å². The number of aromatic amines is 1. The minimum atomic E-state index is -1.46. The summed E-state index contributed by atoms with van der Waals surface area (Å²) >= 11 is 0. The van der Waals surface area contributed by atoms with Crippen LogP contribution in [-0.4, -0.2) is 105 Å². The maximum absolute atomic E-state index is 15.6. The molecule has 1 aromatic heterocycles. The number of fused-ring (bicyclic) bond motifs is 2. The highest BCUT2D eigenvalue weighted by Gasteiger charge is 2.46. The lowest BCUT2D eigenvalue weighted by Gasteiger charge is -2.37. The van der Waals surface area contributed by atoms with Gasteiger partial charge in [-0.25, -0.2) is 0 Å². The summed E-state index contributed by atoms with van der Waals surface area (Å²) in [4.78, 5) is 109. The SMILES string of the molecule is CC(=O)N[C@@H](Cc1ccccc1)C(=O)N1C(=O)[C@H](Cc2ccccc2)NC(=O)[C@H](Cc2c[nH]c3ccccc23)NC(=O)[C@H](CC2CCCCC2)NC(=O)[C@@H]2CCCN2C(=O)[C@@H]1CCCN. The van der Waals surface area contributed by atoms with Gasteiger partial charge in [0.1, 0.15) is 36.3 Å². The number of benzene rings is 3. The highest BCUT2D eigenvalue weighted by molar-refractivity contribution is 6.07. The van der Waals surface area contributed by atoms with Crippen LogP contribution in [0.3, 0.4) is 0 Å². The van der Waals surface area contributed by atoms with Gasteiger partial charge in [0.05, 0.1) is 0 Å². The second-order valence-electron chi connectivity index (χ2n) is 17.8. The van der Waals surface area contributed by atoms with Crippen LogP contribution >= 0.6 is 0 Å². The molecular weight excluding hydrogens is 825 g/mol. The van der Waals surface area contributed by atoms with Gasteiger partial charge in [0.2, 0.25) is 29.5 Å². The van der Waals surface area contributed by atoms with Crippen LogP contribution in [0.1, 0.15) is 87.8 Å². The third kappa shape index (κ3) is 11.7. The normalized spacial score (nSPS) is 23.2. The standard InChI is InChI=1S/C50H62N8O7/c1-32(59)53-41(28-34-17-7-3-8-18-34)48(63)58-44(23-13-25-51)50(65)57-26-14-24-43(57)47(62)55-39(27-33-15-5-2-6-16-33)45(60)54-40(30-36-31-52-38-22-12-11-21-37(36)38)46(61)56-42(49(58)64)29-35-19-9-4-10-20-35/h3-4,7-12,17-22,31,33,39-44,52H,2,5-6,13-16,23-30,51H2,1H3,(H,53,59)(H,54,60)(H,55,62)(H,56,61)/t39-,40-,41-,42-,43-,44-/m0/s1. The van der Waals surface area contributed by atoms with E-state index in [2.05, 4.69) is 26.3 Å². The summed E-state index contributed by atoms with van der Waals surface area (Å²) < 4.78 is 0. The van der Waals surface area contributed by atoms with Crippen LogP contribution in [0.25, 0.3) is 10.9 Å². The van der Waals surface area contributed by atoms with E-state index >= 15 is 19.2 Å². The van der Waals surface area contributed by atoms with Gasteiger partial charge >= 0.3 is 0 Å². The highest BCUT2D eigenvalue weighted by atomic mass is 16.2. The van der Waals surface area contributed by atoms with E-state index in [-0.39, 0.29) is 51.1 Å². The molecule has 0 unspecified atom stereocenters. The van der Waals surface area contributed by atoms with Crippen LogP contribution in [-0.2, 0) is 52.8 Å². The molecule has 2 saturated heterocycles. The average molecular weight is 887 g/mol. The molecule has 0 spiro atoms. The summed E-state index contributed by atoms with van der Waals surface area (Å²) in [6.45, 7) is 1.56. The van der Waals surface area contributed by atoms with Crippen molar-refractivity contribution in [2.24, 2.45) is 11.7 Å². The first-order valence-electron chi connectivity index (χ1n) is 23.2. The minimum Gasteiger partial charge on any atom is -0.361 e. The number of para-hydroxylation sites is 1. The fourth-order valence-corrected chi connectivity index (χ4v) is 9.80. The van der Waals surface area contributed by atoms with Crippen LogP contribution in [0.4, 0.5) is 0 Å². The van der Waals surface area contributed by atoms with E-state index in [1.807, 2.05) is 36.4 Å². The Balaban J connectivity index is 1.36. The number of amides is 7. The fourth-order valence-electron chi connectivity index (χ4n) is 9.80. The molecule has 1 saturated carbocycles. The van der Waals surface area contributed by atoms with Crippen LogP contribution in [0.2, 0.25) is 0 Å². The molecule has 344 valence electrons. The Morgan fingerprint density at radius 2 is 1.37 bits per heavy atom. The van der Waals surface area contributed by atoms with Crippen molar-refractivity contribution in [1.29, 1.82) is 0 Å². The van der Waals surface area contributed by atoms with E-state index in [1.54, 1.807) is 54.7 Å². The quantitative estimate of drug-likeness (QED) is 0.116. The number of rotatable bonds is 13. The molecule has 3 fully saturated rings. The molecule has 3 aliphatic rings. The Morgan fingerprint density at radius 1 is 0.723 bits per heavy atom. The topological polar surface area (TPSA) is 216 Å². The number of hydrogen-bond donors (Lipinski definition) is 6. The number of nitrogens with zero attached hydrogens (tertiary/aromatic N) is 2. The van der Waals surface area contributed by atoms with E-state index < -0.39 is 77.6 Å². The van der Waals surface area contributed by atoms with Gasteiger partial charge in [-0.15, -0.1) is 0 Å². The number of carbonyl (C=O) groups is 7. The molecule has 3 aromatic carbocycles. The third-order valence-corrected chi connectivity index (χ3v) is 13.1. The summed E-state index contributed by atoms with van der Waals surface area (Å²) in [6.07, 6.45) is 7.91. The molecule has 15 heteroatoms. The van der Waals surface area contributed by atoms with Gasteiger partial charge in [-0.1, -0.05) is 111 Å². The largest absolute Gasteiger partial charge is 0.361 e. The zero-order valence-corrected chi connectivity index (χ0v) is 37.1. The van der Waals surface area contributed by atoms with Crippen molar-refractivity contribution in [1.82, 2.24) is 36.1 Å². The number of aromatic nitrogens is 1. The first kappa shape index (κ1) is 46.6. The average Bonchev–Trinajstić information content (AvgIpc) is 3.98. The Morgan fingerprint density at radius 3 is 2.08 bits per heavy atom. The molecule has 7 amide bonds. The van der Waals surface area contributed by atoms with E-state index in [9.17, 15) is 14.4 Å². The van der Waals surface area contributed by atoms with Crippen molar-refractivity contribution in [3.8, 4) is 0 Å². The Labute approximate surface area is 380 Å². The molecule has 7 N–H and O–H groups in total. The third-order valence-electron chi connectivity index (χ3n) is 13.1. The molecule has 0 radical (unpaired) electrons. The number of hydrogen-bond acceptors (Lipinski definition) is 8. The van der Waals surface area contributed by atoms with Gasteiger partial charge < -0.3 is 36.9 Å². The number of H-pyrrole nitrogens is 1. The van der Waals surface area contributed by atoms with Crippen LogP contribution in [0.5, 0.6) is 0 Å². The fraction of sp³-hybridized carbons (Fsp3) is 0.460. The molecule has 65 heavy (non-hydrogen) atoms. The molecule has 15 nitrogen and oxygen atoms in total. The number of imide groups is 1. The van der Waals surface area contributed by atoms with Gasteiger partial charge in [0, 0.05) is 49.8 Å². The number of nitrogens with one attached hydrogen (secondary N) is 5. The zero-order valence-electron chi connectivity index (χ0n) is 37.1. The predicted octanol–water partition coefficient (Wildman–Crippen LogP) is 3.59. The lowest BCUT2D eigenvalue weighted by Crippen LogP contribution is -2.64. The molecule has 0 bridgehead atoms. The lowest BCUT2D eigenvalue weighted by atomic mass is 9.84. The summed E-state index contributed by atoms with van der Waals surface area (Å²) in [5, 5.41) is 12.5. The Hall–Kier alpha value is -6.35. The maximum atomic E-state index is 15.6.